The summed E-state index contributed by atoms with van der Waals surface area (Å²) < 4.78 is 5.38. The fraction of sp³-hybridized carbons (Fsp3) is 0.227. The molecule has 0 radical (unpaired) electrons. The number of rotatable bonds is 5. The van der Waals surface area contributed by atoms with Crippen LogP contribution in [0.1, 0.15) is 33.9 Å². The first kappa shape index (κ1) is 18.0. The molecule has 1 atom stereocenters. The van der Waals surface area contributed by atoms with Crippen molar-refractivity contribution >= 4 is 22.7 Å². The maximum Gasteiger partial charge on any atom is 0.252 e. The molecule has 2 heterocycles. The number of carbonyl (C=O) groups excluding carboxylic acids is 2. The fourth-order valence-corrected chi connectivity index (χ4v) is 3.66. The van der Waals surface area contributed by atoms with Crippen LogP contribution in [0.25, 0.3) is 10.9 Å². The quantitative estimate of drug-likeness (QED) is 0.744. The zero-order valence-electron chi connectivity index (χ0n) is 15.8. The topological polar surface area (TPSA) is 71.5 Å². The van der Waals surface area contributed by atoms with Gasteiger partial charge in [0.15, 0.2) is 0 Å². The number of hydrogen-bond acceptors (Lipinski definition) is 4. The molecular formula is C22H21N3O3. The van der Waals surface area contributed by atoms with Crippen LogP contribution in [0, 0.1) is 0 Å². The van der Waals surface area contributed by atoms with Crippen LogP contribution in [0.3, 0.4) is 0 Å². The van der Waals surface area contributed by atoms with Gasteiger partial charge in [0.25, 0.3) is 5.91 Å². The Balaban J connectivity index is 1.52. The van der Waals surface area contributed by atoms with E-state index in [2.05, 4.69) is 10.3 Å². The molecule has 28 heavy (non-hydrogen) atoms. The minimum absolute atomic E-state index is 0.0325. The van der Waals surface area contributed by atoms with E-state index in [-0.39, 0.29) is 24.3 Å². The Morgan fingerprint density at radius 3 is 2.82 bits per heavy atom. The molecule has 2 aromatic carbocycles. The molecule has 6 heteroatoms. The molecule has 0 unspecified atom stereocenters. The van der Waals surface area contributed by atoms with Crippen LogP contribution >= 0.6 is 0 Å². The monoisotopic (exact) mass is 375 g/mol. The standard InChI is InChI=1S/C22H21N3O3/c1-25(13-14-9-10-19(28-2)21-15(14)8-5-11-23-21)20(26)12-18-16-6-3-4-7-17(16)22(27)24-18/h3-11,18H,12-13H2,1-2H3,(H,24,27)/t18-/m0/s1. The molecule has 3 aromatic rings. The lowest BCUT2D eigenvalue weighted by Crippen LogP contribution is -2.30. The normalized spacial score (nSPS) is 15.2. The van der Waals surface area contributed by atoms with Gasteiger partial charge in [-0.2, -0.15) is 0 Å². The van der Waals surface area contributed by atoms with E-state index in [9.17, 15) is 9.59 Å². The van der Waals surface area contributed by atoms with E-state index in [1.54, 1.807) is 31.3 Å². The molecule has 0 aliphatic carbocycles. The van der Waals surface area contributed by atoms with Gasteiger partial charge in [-0.25, -0.2) is 0 Å². The number of fused-ring (bicyclic) bond motifs is 2. The van der Waals surface area contributed by atoms with Gasteiger partial charge in [-0.1, -0.05) is 30.3 Å². The summed E-state index contributed by atoms with van der Waals surface area (Å²) in [5, 5.41) is 3.86. The number of aromatic nitrogens is 1. The number of amides is 2. The summed E-state index contributed by atoms with van der Waals surface area (Å²) in [5.41, 5.74) is 3.31. The van der Waals surface area contributed by atoms with Crippen LogP contribution < -0.4 is 10.1 Å². The zero-order chi connectivity index (χ0) is 19.7. The fourth-order valence-electron chi connectivity index (χ4n) is 3.66. The first-order valence-electron chi connectivity index (χ1n) is 9.13. The van der Waals surface area contributed by atoms with Crippen molar-refractivity contribution in [3.8, 4) is 5.75 Å². The van der Waals surface area contributed by atoms with Crippen molar-refractivity contribution in [3.05, 3.63) is 71.4 Å². The van der Waals surface area contributed by atoms with Crippen molar-refractivity contribution in [1.82, 2.24) is 15.2 Å². The highest BCUT2D eigenvalue weighted by Gasteiger charge is 2.30. The average molecular weight is 375 g/mol. The molecule has 1 aromatic heterocycles. The van der Waals surface area contributed by atoms with Crippen molar-refractivity contribution in [1.29, 1.82) is 0 Å². The molecule has 2 amide bonds. The molecule has 0 bridgehead atoms. The highest BCUT2D eigenvalue weighted by molar-refractivity contribution is 5.99. The van der Waals surface area contributed by atoms with E-state index in [4.69, 9.17) is 4.74 Å². The summed E-state index contributed by atoms with van der Waals surface area (Å²) in [4.78, 5) is 31.0. The first-order chi connectivity index (χ1) is 13.6. The second kappa shape index (κ2) is 7.31. The number of carbonyl (C=O) groups is 2. The number of methoxy groups -OCH3 is 1. The van der Waals surface area contributed by atoms with Crippen LogP contribution in [0.15, 0.2) is 54.7 Å². The second-order valence-corrected chi connectivity index (χ2v) is 6.89. The number of nitrogens with one attached hydrogen (secondary N) is 1. The van der Waals surface area contributed by atoms with Gasteiger partial charge in [0.05, 0.1) is 19.6 Å². The molecule has 0 fully saturated rings. The molecule has 0 saturated heterocycles. The Bertz CT molecular complexity index is 1060. The summed E-state index contributed by atoms with van der Waals surface area (Å²) >= 11 is 0. The third-order valence-corrected chi connectivity index (χ3v) is 5.14. The number of ether oxygens (including phenoxy) is 1. The van der Waals surface area contributed by atoms with Gasteiger partial charge in [0, 0.05) is 30.7 Å². The van der Waals surface area contributed by atoms with Gasteiger partial charge in [-0.3, -0.25) is 14.6 Å². The number of nitrogens with zero attached hydrogens (tertiary/aromatic N) is 2. The maximum absolute atomic E-state index is 12.8. The predicted molar refractivity (Wildman–Crippen MR) is 106 cm³/mol. The average Bonchev–Trinajstić information content (AvgIpc) is 3.04. The third kappa shape index (κ3) is 3.17. The van der Waals surface area contributed by atoms with Gasteiger partial charge in [0.2, 0.25) is 5.91 Å². The summed E-state index contributed by atoms with van der Waals surface area (Å²) in [5.74, 6) is 0.553. The second-order valence-electron chi connectivity index (χ2n) is 6.89. The van der Waals surface area contributed by atoms with Gasteiger partial charge < -0.3 is 15.0 Å². The Morgan fingerprint density at radius 1 is 1.18 bits per heavy atom. The molecule has 0 saturated carbocycles. The van der Waals surface area contributed by atoms with Gasteiger partial charge >= 0.3 is 0 Å². The molecule has 142 valence electrons. The van der Waals surface area contributed by atoms with Crippen LogP contribution in [0.2, 0.25) is 0 Å². The SMILES string of the molecule is COc1ccc(CN(C)C(=O)C[C@@H]2NC(=O)c3ccccc32)c2cccnc12. The van der Waals surface area contributed by atoms with Crippen molar-refractivity contribution < 1.29 is 14.3 Å². The Hall–Kier alpha value is -3.41. The number of pyridine rings is 1. The third-order valence-electron chi connectivity index (χ3n) is 5.14. The molecule has 1 N–H and O–H groups in total. The molecular weight excluding hydrogens is 354 g/mol. The van der Waals surface area contributed by atoms with Gasteiger partial charge in [-0.15, -0.1) is 0 Å². The summed E-state index contributed by atoms with van der Waals surface area (Å²) in [6.07, 6.45) is 1.95. The molecule has 1 aliphatic heterocycles. The summed E-state index contributed by atoms with van der Waals surface area (Å²) in [6, 6.07) is 14.8. The van der Waals surface area contributed by atoms with Crippen LogP contribution in [-0.4, -0.2) is 35.9 Å². The minimum atomic E-state index is -0.284. The summed E-state index contributed by atoms with van der Waals surface area (Å²) in [7, 11) is 3.39. The van der Waals surface area contributed by atoms with E-state index in [1.165, 1.54) is 0 Å². The molecule has 1 aliphatic rings. The van der Waals surface area contributed by atoms with E-state index in [1.807, 2.05) is 42.5 Å². The lowest BCUT2D eigenvalue weighted by atomic mass is 10.0. The Morgan fingerprint density at radius 2 is 2.00 bits per heavy atom. The zero-order valence-corrected chi connectivity index (χ0v) is 15.8. The Labute approximate surface area is 163 Å². The largest absolute Gasteiger partial charge is 0.494 e. The highest BCUT2D eigenvalue weighted by atomic mass is 16.5. The van der Waals surface area contributed by atoms with Crippen molar-refractivity contribution in [2.75, 3.05) is 14.2 Å². The van der Waals surface area contributed by atoms with Crippen molar-refractivity contribution in [3.63, 3.8) is 0 Å². The first-order valence-corrected chi connectivity index (χ1v) is 9.13. The Kier molecular flexibility index (Phi) is 4.69. The van der Waals surface area contributed by atoms with Crippen LogP contribution in [-0.2, 0) is 11.3 Å². The van der Waals surface area contributed by atoms with E-state index >= 15 is 0 Å². The van der Waals surface area contributed by atoms with Gasteiger partial charge in [0.1, 0.15) is 11.3 Å². The highest BCUT2D eigenvalue weighted by Crippen LogP contribution is 2.29. The summed E-state index contributed by atoms with van der Waals surface area (Å²) in [6.45, 7) is 0.452. The number of hydrogen-bond donors (Lipinski definition) is 1. The molecule has 4 rings (SSSR count). The molecule has 0 spiro atoms. The lowest BCUT2D eigenvalue weighted by molar-refractivity contribution is -0.130. The van der Waals surface area contributed by atoms with E-state index < -0.39 is 0 Å². The minimum Gasteiger partial charge on any atom is -0.494 e. The van der Waals surface area contributed by atoms with Crippen molar-refractivity contribution in [2.45, 2.75) is 19.0 Å². The maximum atomic E-state index is 12.8. The van der Waals surface area contributed by atoms with Crippen LogP contribution in [0.5, 0.6) is 5.75 Å². The van der Waals surface area contributed by atoms with E-state index in [0.717, 1.165) is 22.0 Å². The number of benzene rings is 2. The van der Waals surface area contributed by atoms with Crippen LogP contribution in [0.4, 0.5) is 0 Å². The molecule has 6 nitrogen and oxygen atoms in total. The smallest absolute Gasteiger partial charge is 0.252 e. The van der Waals surface area contributed by atoms with Crippen molar-refractivity contribution in [2.24, 2.45) is 0 Å². The van der Waals surface area contributed by atoms with Gasteiger partial charge in [-0.05, 0) is 29.3 Å². The van der Waals surface area contributed by atoms with E-state index in [0.29, 0.717) is 17.9 Å². The predicted octanol–water partition coefficient (Wildman–Crippen LogP) is 3.08. The lowest BCUT2D eigenvalue weighted by Gasteiger charge is -2.21.